The van der Waals surface area contributed by atoms with E-state index in [1.165, 1.54) is 0 Å². The van der Waals surface area contributed by atoms with E-state index in [1.54, 1.807) is 24.3 Å². The summed E-state index contributed by atoms with van der Waals surface area (Å²) < 4.78 is 5.52. The highest BCUT2D eigenvalue weighted by Gasteiger charge is 2.37. The fourth-order valence-electron chi connectivity index (χ4n) is 4.56. The van der Waals surface area contributed by atoms with Gasteiger partial charge in [-0.1, -0.05) is 12.1 Å². The van der Waals surface area contributed by atoms with Gasteiger partial charge < -0.3 is 24.7 Å². The second kappa shape index (κ2) is 9.34. The van der Waals surface area contributed by atoms with Gasteiger partial charge in [-0.2, -0.15) is 5.26 Å². The van der Waals surface area contributed by atoms with Crippen molar-refractivity contribution in [2.24, 2.45) is 11.8 Å². The van der Waals surface area contributed by atoms with Crippen LogP contribution in [0.25, 0.3) is 0 Å². The Morgan fingerprint density at radius 1 is 1.17 bits per heavy atom. The van der Waals surface area contributed by atoms with Gasteiger partial charge in [-0.05, 0) is 56.7 Å². The van der Waals surface area contributed by atoms with E-state index < -0.39 is 17.8 Å². The summed E-state index contributed by atoms with van der Waals surface area (Å²) in [5, 5.41) is 29.8. The van der Waals surface area contributed by atoms with Crippen molar-refractivity contribution in [2.75, 3.05) is 32.7 Å². The van der Waals surface area contributed by atoms with E-state index in [2.05, 4.69) is 11.0 Å². The number of nitriles is 1. The molecular weight excluding hydrogens is 382 g/mol. The van der Waals surface area contributed by atoms with Gasteiger partial charge in [0.15, 0.2) is 0 Å². The molecule has 7 nitrogen and oxygen atoms in total. The molecule has 2 bridgehead atoms. The van der Waals surface area contributed by atoms with Crippen LogP contribution in [0.1, 0.15) is 50.8 Å². The van der Waals surface area contributed by atoms with Gasteiger partial charge in [-0.3, -0.25) is 0 Å². The molecule has 3 rings (SSSR count). The third-order valence-electron chi connectivity index (χ3n) is 5.70. The number of aliphatic hydroxyl groups is 2. The SMILES string of the molecule is CC(C)(C)OC(=O)N1C[C@H]2C[C@@H](CN(CC(O)CC(O)c3ccc(C#N)cc3)C2)C1. The summed E-state index contributed by atoms with van der Waals surface area (Å²) in [6, 6.07) is 8.86. The van der Waals surface area contributed by atoms with Gasteiger partial charge in [0.05, 0.1) is 23.8 Å². The van der Waals surface area contributed by atoms with E-state index in [-0.39, 0.29) is 12.5 Å². The topological polar surface area (TPSA) is 97.0 Å². The van der Waals surface area contributed by atoms with Crippen LogP contribution in [0.5, 0.6) is 0 Å². The number of carbonyl (C=O) groups excluding carboxylic acids is 1. The molecule has 1 aromatic carbocycles. The van der Waals surface area contributed by atoms with Gasteiger partial charge in [-0.25, -0.2) is 4.79 Å². The number of fused-ring (bicyclic) bond motifs is 2. The lowest BCUT2D eigenvalue weighted by atomic mass is 9.84. The van der Waals surface area contributed by atoms with E-state index >= 15 is 0 Å². The Morgan fingerprint density at radius 2 is 1.77 bits per heavy atom. The average Bonchev–Trinajstić information content (AvgIpc) is 2.65. The summed E-state index contributed by atoms with van der Waals surface area (Å²) in [6.07, 6.45) is -0.297. The molecule has 2 fully saturated rings. The second-order valence-electron chi connectivity index (χ2n) is 9.71. The smallest absolute Gasteiger partial charge is 0.410 e. The number of ether oxygens (including phenoxy) is 1. The number of carbonyl (C=O) groups is 1. The quantitative estimate of drug-likeness (QED) is 0.767. The molecule has 30 heavy (non-hydrogen) atoms. The van der Waals surface area contributed by atoms with Crippen molar-refractivity contribution in [3.8, 4) is 6.07 Å². The van der Waals surface area contributed by atoms with Crippen molar-refractivity contribution in [1.29, 1.82) is 5.26 Å². The molecule has 4 atom stereocenters. The minimum absolute atomic E-state index is 0.240. The number of hydrogen-bond donors (Lipinski definition) is 2. The van der Waals surface area contributed by atoms with Crippen molar-refractivity contribution >= 4 is 6.09 Å². The Bertz CT molecular complexity index is 754. The van der Waals surface area contributed by atoms with E-state index in [1.807, 2.05) is 25.7 Å². The standard InChI is InChI=1S/C23H33N3O4/c1-23(2,3)30-22(29)26-13-17-8-18(14-26)12-25(11-17)15-20(27)9-21(28)19-6-4-16(10-24)5-7-19/h4-7,17-18,20-21,27-28H,8-9,11-15H2,1-3H3/t17-,18-,20?,21?/m0/s1. The van der Waals surface area contributed by atoms with Crippen LogP contribution in [0.4, 0.5) is 4.79 Å². The molecule has 2 aliphatic rings. The summed E-state index contributed by atoms with van der Waals surface area (Å²) in [4.78, 5) is 16.5. The first-order valence-corrected chi connectivity index (χ1v) is 10.7. The number of piperidine rings is 2. The lowest BCUT2D eigenvalue weighted by Crippen LogP contribution is -2.55. The number of rotatable bonds is 5. The molecule has 0 saturated carbocycles. The predicted octanol–water partition coefficient (Wildman–Crippen LogP) is 2.53. The van der Waals surface area contributed by atoms with E-state index in [4.69, 9.17) is 10.00 Å². The molecule has 0 aromatic heterocycles. The fourth-order valence-corrected chi connectivity index (χ4v) is 4.56. The molecule has 2 N–H and O–H groups in total. The number of benzene rings is 1. The molecule has 164 valence electrons. The molecule has 0 radical (unpaired) electrons. The monoisotopic (exact) mass is 415 g/mol. The number of nitrogens with zero attached hydrogens (tertiary/aromatic N) is 3. The average molecular weight is 416 g/mol. The second-order valence-corrected chi connectivity index (χ2v) is 9.71. The van der Waals surface area contributed by atoms with E-state index in [0.29, 0.717) is 42.6 Å². The minimum atomic E-state index is -0.764. The lowest BCUT2D eigenvalue weighted by molar-refractivity contribution is -0.0208. The Balaban J connectivity index is 1.48. The summed E-state index contributed by atoms with van der Waals surface area (Å²) in [5.41, 5.74) is 0.763. The Hall–Kier alpha value is -2.14. The molecule has 2 saturated heterocycles. The maximum absolute atomic E-state index is 12.4. The van der Waals surface area contributed by atoms with Crippen LogP contribution in [0.2, 0.25) is 0 Å². The highest BCUT2D eigenvalue weighted by molar-refractivity contribution is 5.68. The zero-order chi connectivity index (χ0) is 21.9. The van der Waals surface area contributed by atoms with Crippen LogP contribution in [0.15, 0.2) is 24.3 Å². The summed E-state index contributed by atoms with van der Waals surface area (Å²) >= 11 is 0. The van der Waals surface area contributed by atoms with Crippen LogP contribution < -0.4 is 0 Å². The number of likely N-dealkylation sites (tertiary alicyclic amines) is 2. The zero-order valence-electron chi connectivity index (χ0n) is 18.1. The highest BCUT2D eigenvalue weighted by atomic mass is 16.6. The summed E-state index contributed by atoms with van der Waals surface area (Å²) in [6.45, 7) is 9.19. The minimum Gasteiger partial charge on any atom is -0.444 e. The molecule has 0 aliphatic carbocycles. The normalized spacial score (nSPS) is 24.1. The van der Waals surface area contributed by atoms with Crippen molar-refractivity contribution < 1.29 is 19.7 Å². The van der Waals surface area contributed by atoms with Crippen molar-refractivity contribution in [2.45, 2.75) is 51.4 Å². The summed E-state index contributed by atoms with van der Waals surface area (Å²) in [7, 11) is 0. The molecule has 2 aliphatic heterocycles. The van der Waals surface area contributed by atoms with Crippen LogP contribution in [-0.2, 0) is 4.74 Å². The van der Waals surface area contributed by atoms with Gasteiger partial charge in [-0.15, -0.1) is 0 Å². The zero-order valence-corrected chi connectivity index (χ0v) is 18.1. The maximum atomic E-state index is 12.4. The first-order chi connectivity index (χ1) is 14.1. The number of amides is 1. The molecule has 2 heterocycles. The van der Waals surface area contributed by atoms with Crippen molar-refractivity contribution in [1.82, 2.24) is 9.80 Å². The van der Waals surface area contributed by atoms with Crippen molar-refractivity contribution in [3.05, 3.63) is 35.4 Å². The molecule has 0 spiro atoms. The van der Waals surface area contributed by atoms with Crippen molar-refractivity contribution in [3.63, 3.8) is 0 Å². The Kier molecular flexibility index (Phi) is 7.02. The van der Waals surface area contributed by atoms with Gasteiger partial charge in [0.2, 0.25) is 0 Å². The van der Waals surface area contributed by atoms with Gasteiger partial charge in [0.1, 0.15) is 5.60 Å². The van der Waals surface area contributed by atoms with E-state index in [9.17, 15) is 15.0 Å². The lowest BCUT2D eigenvalue weighted by Gasteiger charge is -2.46. The van der Waals surface area contributed by atoms with Gasteiger partial charge >= 0.3 is 6.09 Å². The van der Waals surface area contributed by atoms with Crippen LogP contribution in [0.3, 0.4) is 0 Å². The largest absolute Gasteiger partial charge is 0.444 e. The van der Waals surface area contributed by atoms with Crippen LogP contribution in [0, 0.1) is 23.2 Å². The predicted molar refractivity (Wildman–Crippen MR) is 113 cm³/mol. The van der Waals surface area contributed by atoms with Gasteiger partial charge in [0.25, 0.3) is 0 Å². The third kappa shape index (κ3) is 6.18. The van der Waals surface area contributed by atoms with Crippen LogP contribution >= 0.6 is 0 Å². The van der Waals surface area contributed by atoms with Crippen LogP contribution in [-0.4, -0.2) is 70.5 Å². The molecule has 2 unspecified atom stereocenters. The molecule has 7 heteroatoms. The molecule has 1 amide bonds. The summed E-state index contributed by atoms with van der Waals surface area (Å²) in [5.74, 6) is 0.751. The highest BCUT2D eigenvalue weighted by Crippen LogP contribution is 2.30. The Morgan fingerprint density at radius 3 is 2.30 bits per heavy atom. The van der Waals surface area contributed by atoms with E-state index in [0.717, 1.165) is 19.5 Å². The number of β-amino-alcohol motifs (C(OH)–C–C–N with tert-alkyl or cyclic N) is 1. The third-order valence-corrected chi connectivity index (χ3v) is 5.70. The maximum Gasteiger partial charge on any atom is 0.410 e. The van der Waals surface area contributed by atoms with Gasteiger partial charge in [0, 0.05) is 39.1 Å². The fraction of sp³-hybridized carbons (Fsp3) is 0.652. The number of aliphatic hydroxyl groups excluding tert-OH is 2. The molecular formula is C23H33N3O4. The first-order valence-electron chi connectivity index (χ1n) is 10.7. The number of hydrogen-bond acceptors (Lipinski definition) is 6. The first kappa shape index (κ1) is 22.5. The molecule has 1 aromatic rings. The Labute approximate surface area is 178 Å².